The van der Waals surface area contributed by atoms with Crippen LogP contribution in [0.1, 0.15) is 18.0 Å². The third kappa shape index (κ3) is 2.42. The first kappa shape index (κ1) is 11.9. The second-order valence-corrected chi connectivity index (χ2v) is 4.50. The lowest BCUT2D eigenvalue weighted by molar-refractivity contribution is -0.141. The first-order valence-corrected chi connectivity index (χ1v) is 5.69. The predicted molar refractivity (Wildman–Crippen MR) is 64.1 cm³/mol. The van der Waals surface area contributed by atoms with E-state index in [0.717, 1.165) is 11.3 Å². The molecule has 0 radical (unpaired) electrons. The van der Waals surface area contributed by atoms with Crippen LogP contribution in [0, 0.1) is 5.92 Å². The van der Waals surface area contributed by atoms with Crippen LogP contribution in [0.4, 0.5) is 0 Å². The van der Waals surface area contributed by atoms with Gasteiger partial charge in [0.25, 0.3) is 0 Å². The topological polar surface area (TPSA) is 49.8 Å². The summed E-state index contributed by atoms with van der Waals surface area (Å²) < 4.78 is 5.19. The summed E-state index contributed by atoms with van der Waals surface area (Å²) in [6, 6.07) is 8.01. The smallest absolute Gasteiger partial charge is 0.307 e. The van der Waals surface area contributed by atoms with Crippen molar-refractivity contribution < 1.29 is 14.6 Å². The minimum Gasteiger partial charge on any atom is -0.497 e. The molecule has 0 bridgehead atoms. The van der Waals surface area contributed by atoms with Crippen molar-refractivity contribution in [2.24, 2.45) is 5.92 Å². The third-order valence-corrected chi connectivity index (χ3v) is 3.38. The molecule has 1 aliphatic rings. The molecule has 0 aromatic heterocycles. The molecule has 0 aliphatic carbocycles. The monoisotopic (exact) mass is 235 g/mol. The molecule has 1 aromatic rings. The van der Waals surface area contributed by atoms with Crippen LogP contribution in [-0.2, 0) is 4.79 Å². The van der Waals surface area contributed by atoms with E-state index in [9.17, 15) is 4.79 Å². The Hall–Kier alpha value is -1.55. The normalized spacial score (nSPS) is 24.8. The van der Waals surface area contributed by atoms with Gasteiger partial charge in [-0.05, 0) is 31.2 Å². The van der Waals surface area contributed by atoms with Crippen LogP contribution in [-0.4, -0.2) is 36.7 Å². The molecular weight excluding hydrogens is 218 g/mol. The van der Waals surface area contributed by atoms with Gasteiger partial charge in [-0.25, -0.2) is 0 Å². The van der Waals surface area contributed by atoms with Crippen LogP contribution < -0.4 is 4.74 Å². The molecule has 1 saturated heterocycles. The molecule has 92 valence electrons. The zero-order valence-electron chi connectivity index (χ0n) is 10.1. The highest BCUT2D eigenvalue weighted by Gasteiger charge is 2.34. The number of carboxylic acid groups (broad SMARTS) is 1. The van der Waals surface area contributed by atoms with E-state index in [2.05, 4.69) is 4.90 Å². The second kappa shape index (κ2) is 4.75. The van der Waals surface area contributed by atoms with Gasteiger partial charge < -0.3 is 9.84 Å². The minimum atomic E-state index is -0.706. The summed E-state index contributed by atoms with van der Waals surface area (Å²) in [5.41, 5.74) is 1.12. The average molecular weight is 235 g/mol. The molecule has 2 atom stereocenters. The number of likely N-dealkylation sites (tertiary alicyclic amines) is 1. The van der Waals surface area contributed by atoms with Crippen molar-refractivity contribution in [3.8, 4) is 5.75 Å². The molecule has 1 heterocycles. The van der Waals surface area contributed by atoms with E-state index in [-0.39, 0.29) is 12.0 Å². The Balaban J connectivity index is 2.19. The predicted octanol–water partition coefficient (Wildman–Crippen LogP) is 1.77. The fraction of sp³-hybridized carbons (Fsp3) is 0.462. The lowest BCUT2D eigenvalue weighted by atomic mass is 10.00. The number of ether oxygens (including phenoxy) is 1. The van der Waals surface area contributed by atoms with Crippen LogP contribution in [0.15, 0.2) is 24.3 Å². The van der Waals surface area contributed by atoms with Crippen molar-refractivity contribution in [1.29, 1.82) is 0 Å². The van der Waals surface area contributed by atoms with Crippen molar-refractivity contribution in [2.75, 3.05) is 20.7 Å². The molecule has 0 amide bonds. The van der Waals surface area contributed by atoms with Gasteiger partial charge in [0.15, 0.2) is 0 Å². The number of carbonyl (C=O) groups is 1. The quantitative estimate of drug-likeness (QED) is 0.867. The number of carboxylic acids is 1. The number of hydrogen-bond acceptors (Lipinski definition) is 3. The number of methoxy groups -OCH3 is 1. The summed E-state index contributed by atoms with van der Waals surface area (Å²) in [6.45, 7) is 0.608. The zero-order valence-corrected chi connectivity index (χ0v) is 10.1. The van der Waals surface area contributed by atoms with Crippen LogP contribution >= 0.6 is 0 Å². The van der Waals surface area contributed by atoms with Crippen LogP contribution in [0.5, 0.6) is 5.75 Å². The number of hydrogen-bond donors (Lipinski definition) is 1. The zero-order chi connectivity index (χ0) is 12.4. The Morgan fingerprint density at radius 2 is 2.29 bits per heavy atom. The first-order valence-electron chi connectivity index (χ1n) is 5.69. The largest absolute Gasteiger partial charge is 0.497 e. The Morgan fingerprint density at radius 3 is 2.88 bits per heavy atom. The summed E-state index contributed by atoms with van der Waals surface area (Å²) in [4.78, 5) is 13.1. The second-order valence-electron chi connectivity index (χ2n) is 4.50. The summed E-state index contributed by atoms with van der Waals surface area (Å²) in [5.74, 6) is -0.159. The fourth-order valence-electron chi connectivity index (χ4n) is 2.42. The maximum atomic E-state index is 11.0. The van der Waals surface area contributed by atoms with E-state index in [1.807, 2.05) is 31.3 Å². The minimum absolute atomic E-state index is 0.172. The standard InChI is InChI=1S/C13H17NO3/c1-14-8-10(13(15)16)7-12(14)9-4-3-5-11(6-9)17-2/h3-6,10,12H,7-8H2,1-2H3,(H,15,16)/t10-,12-/m1/s1. The third-order valence-electron chi connectivity index (χ3n) is 3.38. The van der Waals surface area contributed by atoms with Crippen LogP contribution in [0.2, 0.25) is 0 Å². The Labute approximate surface area is 101 Å². The van der Waals surface area contributed by atoms with E-state index < -0.39 is 5.97 Å². The molecule has 0 unspecified atom stereocenters. The molecule has 1 aliphatic heterocycles. The van der Waals surface area contributed by atoms with E-state index >= 15 is 0 Å². The van der Waals surface area contributed by atoms with Gasteiger partial charge in [0.2, 0.25) is 0 Å². The van der Waals surface area contributed by atoms with E-state index in [0.29, 0.717) is 13.0 Å². The molecule has 1 fully saturated rings. The Morgan fingerprint density at radius 1 is 1.53 bits per heavy atom. The number of nitrogens with zero attached hydrogens (tertiary/aromatic N) is 1. The SMILES string of the molecule is COc1cccc([C@H]2C[C@@H](C(=O)O)CN2C)c1. The highest BCUT2D eigenvalue weighted by atomic mass is 16.5. The number of benzene rings is 1. The molecule has 2 rings (SSSR count). The van der Waals surface area contributed by atoms with Crippen molar-refractivity contribution in [3.63, 3.8) is 0 Å². The van der Waals surface area contributed by atoms with Gasteiger partial charge in [0.05, 0.1) is 13.0 Å². The van der Waals surface area contributed by atoms with Crippen LogP contribution in [0.3, 0.4) is 0 Å². The molecule has 1 N–H and O–H groups in total. The van der Waals surface area contributed by atoms with Gasteiger partial charge in [0.1, 0.15) is 5.75 Å². The maximum absolute atomic E-state index is 11.0. The lowest BCUT2D eigenvalue weighted by Crippen LogP contribution is -2.20. The number of rotatable bonds is 3. The van der Waals surface area contributed by atoms with Crippen molar-refractivity contribution in [1.82, 2.24) is 4.90 Å². The van der Waals surface area contributed by atoms with E-state index in [1.165, 1.54) is 0 Å². The van der Waals surface area contributed by atoms with Gasteiger partial charge in [-0.1, -0.05) is 12.1 Å². The van der Waals surface area contributed by atoms with Gasteiger partial charge in [-0.2, -0.15) is 0 Å². The van der Waals surface area contributed by atoms with Gasteiger partial charge >= 0.3 is 5.97 Å². The van der Waals surface area contributed by atoms with Crippen LogP contribution in [0.25, 0.3) is 0 Å². The maximum Gasteiger partial charge on any atom is 0.307 e. The summed E-state index contributed by atoms with van der Waals surface area (Å²) >= 11 is 0. The fourth-order valence-corrected chi connectivity index (χ4v) is 2.42. The van der Waals surface area contributed by atoms with Gasteiger partial charge in [0, 0.05) is 12.6 Å². The molecular formula is C13H17NO3. The van der Waals surface area contributed by atoms with Crippen molar-refractivity contribution >= 4 is 5.97 Å². The van der Waals surface area contributed by atoms with Gasteiger partial charge in [-0.3, -0.25) is 9.69 Å². The van der Waals surface area contributed by atoms with Crippen molar-refractivity contribution in [3.05, 3.63) is 29.8 Å². The summed E-state index contributed by atoms with van der Waals surface area (Å²) in [7, 11) is 3.60. The molecule has 0 saturated carbocycles. The van der Waals surface area contributed by atoms with E-state index in [1.54, 1.807) is 7.11 Å². The van der Waals surface area contributed by atoms with Gasteiger partial charge in [-0.15, -0.1) is 0 Å². The first-order chi connectivity index (χ1) is 8.11. The molecule has 0 spiro atoms. The molecule has 1 aromatic carbocycles. The molecule has 4 nitrogen and oxygen atoms in total. The summed E-state index contributed by atoms with van der Waals surface area (Å²) in [5, 5.41) is 9.05. The van der Waals surface area contributed by atoms with Crippen molar-refractivity contribution in [2.45, 2.75) is 12.5 Å². The highest BCUT2D eigenvalue weighted by molar-refractivity contribution is 5.70. The Bertz CT molecular complexity index is 419. The lowest BCUT2D eigenvalue weighted by Gasteiger charge is -2.19. The summed E-state index contributed by atoms with van der Waals surface area (Å²) in [6.07, 6.45) is 0.666. The molecule has 4 heteroatoms. The Kier molecular flexibility index (Phi) is 3.33. The highest BCUT2D eigenvalue weighted by Crippen LogP contribution is 2.35. The number of aliphatic carboxylic acids is 1. The van der Waals surface area contributed by atoms with E-state index in [4.69, 9.17) is 9.84 Å². The average Bonchev–Trinajstić information content (AvgIpc) is 2.72. The molecule has 17 heavy (non-hydrogen) atoms.